The van der Waals surface area contributed by atoms with Crippen LogP contribution < -0.4 is 0 Å². The number of carbonyl (C=O) groups is 2. The largest absolute Gasteiger partial charge is 0.452 e. The molecule has 1 aromatic rings. The summed E-state index contributed by atoms with van der Waals surface area (Å²) in [5, 5.41) is 0. The first-order valence-corrected chi connectivity index (χ1v) is 11.1. The fourth-order valence-electron chi connectivity index (χ4n) is 3.43. The van der Waals surface area contributed by atoms with Crippen LogP contribution in [0.15, 0.2) is 29.2 Å². The number of carbonyl (C=O) groups excluding carboxylic acids is 2. The molecule has 0 aromatic heterocycles. The highest BCUT2D eigenvalue weighted by molar-refractivity contribution is 7.89. The number of likely N-dealkylation sites (tertiary alicyclic amines) is 1. The van der Waals surface area contributed by atoms with Crippen molar-refractivity contribution in [3.8, 4) is 0 Å². The number of nitrogens with zero attached hydrogens (tertiary/aromatic N) is 2. The summed E-state index contributed by atoms with van der Waals surface area (Å²) < 4.78 is 31.6. The molecule has 0 aliphatic carbocycles. The van der Waals surface area contributed by atoms with Crippen LogP contribution >= 0.6 is 0 Å². The normalized spacial score (nSPS) is 20.5. The highest BCUT2D eigenvalue weighted by Crippen LogP contribution is 2.23. The minimum Gasteiger partial charge on any atom is -0.452 e. The van der Waals surface area contributed by atoms with Crippen LogP contribution in [0.3, 0.4) is 0 Å². The molecule has 7 nitrogen and oxygen atoms in total. The molecule has 1 saturated heterocycles. The summed E-state index contributed by atoms with van der Waals surface area (Å²) in [6, 6.07) is 5.72. The average Bonchev–Trinajstić information content (AvgIpc) is 2.65. The standard InChI is InChI=1S/C20H30N2O5S/c1-14(2)21(5)28(25,26)18-11-7-10-17(12-18)20(24)27-13-19(23)22-15(3)8-6-9-16(22)4/h7,10-12,14-16H,6,8-9,13H2,1-5H3/t15-,16-/m0/s1. The molecule has 0 unspecified atom stereocenters. The predicted octanol–water partition coefficient (Wildman–Crippen LogP) is 2.66. The monoisotopic (exact) mass is 410 g/mol. The van der Waals surface area contributed by atoms with Gasteiger partial charge in [-0.3, -0.25) is 4.79 Å². The zero-order chi connectivity index (χ0) is 21.1. The Hall–Kier alpha value is -1.93. The summed E-state index contributed by atoms with van der Waals surface area (Å²) in [5.41, 5.74) is 0.103. The van der Waals surface area contributed by atoms with E-state index in [-0.39, 0.29) is 41.1 Å². The maximum atomic E-state index is 12.6. The molecular formula is C20H30N2O5S. The van der Waals surface area contributed by atoms with Crippen LogP contribution in [0.1, 0.15) is 57.3 Å². The second kappa shape index (κ2) is 9.05. The third-order valence-corrected chi connectivity index (χ3v) is 7.31. The van der Waals surface area contributed by atoms with E-state index in [1.54, 1.807) is 18.7 Å². The predicted molar refractivity (Wildman–Crippen MR) is 106 cm³/mol. The average molecular weight is 411 g/mol. The zero-order valence-corrected chi connectivity index (χ0v) is 18.0. The number of esters is 1. The molecule has 0 bridgehead atoms. The van der Waals surface area contributed by atoms with Gasteiger partial charge in [-0.2, -0.15) is 4.31 Å². The molecule has 0 saturated carbocycles. The first-order chi connectivity index (χ1) is 13.1. The van der Waals surface area contributed by atoms with Gasteiger partial charge in [0.25, 0.3) is 5.91 Å². The van der Waals surface area contributed by atoms with E-state index >= 15 is 0 Å². The molecule has 1 aromatic carbocycles. The SMILES string of the molecule is CC(C)N(C)S(=O)(=O)c1cccc(C(=O)OCC(=O)N2[C@@H](C)CCC[C@@H]2C)c1. The first kappa shape index (κ1) is 22.4. The van der Waals surface area contributed by atoms with E-state index in [9.17, 15) is 18.0 Å². The number of ether oxygens (including phenoxy) is 1. The van der Waals surface area contributed by atoms with Gasteiger partial charge < -0.3 is 9.64 Å². The van der Waals surface area contributed by atoms with Gasteiger partial charge in [0.1, 0.15) is 0 Å². The number of rotatable bonds is 6. The molecule has 1 heterocycles. The van der Waals surface area contributed by atoms with Crippen LogP contribution in [0, 0.1) is 0 Å². The summed E-state index contributed by atoms with van der Waals surface area (Å²) in [5.74, 6) is -0.939. The van der Waals surface area contributed by atoms with Crippen molar-refractivity contribution in [3.05, 3.63) is 29.8 Å². The number of piperidine rings is 1. The Bertz CT molecular complexity index is 812. The smallest absolute Gasteiger partial charge is 0.338 e. The quantitative estimate of drug-likeness (QED) is 0.673. The van der Waals surface area contributed by atoms with Gasteiger partial charge in [0, 0.05) is 25.2 Å². The van der Waals surface area contributed by atoms with E-state index in [0.717, 1.165) is 19.3 Å². The molecule has 0 radical (unpaired) electrons. The third-order valence-electron chi connectivity index (χ3n) is 5.28. The van der Waals surface area contributed by atoms with Crippen LogP contribution in [-0.4, -0.2) is 61.3 Å². The van der Waals surface area contributed by atoms with Gasteiger partial charge in [-0.25, -0.2) is 13.2 Å². The lowest BCUT2D eigenvalue weighted by Crippen LogP contribution is -2.49. The van der Waals surface area contributed by atoms with Gasteiger partial charge in [0.15, 0.2) is 6.61 Å². The van der Waals surface area contributed by atoms with Crippen molar-refractivity contribution in [3.63, 3.8) is 0 Å². The molecule has 1 amide bonds. The maximum Gasteiger partial charge on any atom is 0.338 e. The highest BCUT2D eigenvalue weighted by atomic mass is 32.2. The lowest BCUT2D eigenvalue weighted by atomic mass is 9.97. The summed E-state index contributed by atoms with van der Waals surface area (Å²) in [4.78, 5) is 26.7. The topological polar surface area (TPSA) is 84.0 Å². The van der Waals surface area contributed by atoms with Gasteiger partial charge >= 0.3 is 5.97 Å². The molecule has 28 heavy (non-hydrogen) atoms. The molecule has 2 rings (SSSR count). The fourth-order valence-corrected chi connectivity index (χ4v) is 4.84. The molecule has 156 valence electrons. The van der Waals surface area contributed by atoms with Crippen LogP contribution in [-0.2, 0) is 19.6 Å². The molecule has 0 N–H and O–H groups in total. The Kier molecular flexibility index (Phi) is 7.22. The van der Waals surface area contributed by atoms with Gasteiger partial charge in [0.2, 0.25) is 10.0 Å². The second-order valence-corrected chi connectivity index (χ2v) is 9.65. The van der Waals surface area contributed by atoms with E-state index < -0.39 is 16.0 Å². The first-order valence-electron chi connectivity index (χ1n) is 9.62. The van der Waals surface area contributed by atoms with E-state index in [4.69, 9.17) is 4.74 Å². The fraction of sp³-hybridized carbons (Fsp3) is 0.600. The van der Waals surface area contributed by atoms with Crippen molar-refractivity contribution in [2.45, 2.75) is 70.0 Å². The van der Waals surface area contributed by atoms with Gasteiger partial charge in [0.05, 0.1) is 10.5 Å². The zero-order valence-electron chi connectivity index (χ0n) is 17.2. The van der Waals surface area contributed by atoms with Gasteiger partial charge in [-0.05, 0) is 65.2 Å². The second-order valence-electron chi connectivity index (χ2n) is 7.65. The molecular weight excluding hydrogens is 380 g/mol. The summed E-state index contributed by atoms with van der Waals surface area (Å²) in [7, 11) is -2.22. The number of amides is 1. The van der Waals surface area contributed by atoms with Gasteiger partial charge in [-0.15, -0.1) is 0 Å². The Labute approximate surface area is 167 Å². The van der Waals surface area contributed by atoms with Crippen molar-refractivity contribution in [2.24, 2.45) is 0 Å². The Balaban J connectivity index is 2.08. The molecule has 1 fully saturated rings. The molecule has 0 spiro atoms. The van der Waals surface area contributed by atoms with Crippen LogP contribution in [0.4, 0.5) is 0 Å². The van der Waals surface area contributed by atoms with Crippen molar-refractivity contribution < 1.29 is 22.7 Å². The number of benzene rings is 1. The van der Waals surface area contributed by atoms with E-state index in [1.165, 1.54) is 35.6 Å². The van der Waals surface area contributed by atoms with Crippen molar-refractivity contribution in [2.75, 3.05) is 13.7 Å². The molecule has 8 heteroatoms. The Morgan fingerprint density at radius 2 is 1.82 bits per heavy atom. The lowest BCUT2D eigenvalue weighted by molar-refractivity contribution is -0.140. The Morgan fingerprint density at radius 3 is 2.39 bits per heavy atom. The number of sulfonamides is 1. The van der Waals surface area contributed by atoms with Crippen molar-refractivity contribution in [1.82, 2.24) is 9.21 Å². The summed E-state index contributed by atoms with van der Waals surface area (Å²) >= 11 is 0. The molecule has 1 aliphatic rings. The van der Waals surface area contributed by atoms with Crippen LogP contribution in [0.2, 0.25) is 0 Å². The van der Waals surface area contributed by atoms with E-state index in [2.05, 4.69) is 0 Å². The molecule has 1 aliphatic heterocycles. The summed E-state index contributed by atoms with van der Waals surface area (Å²) in [6.07, 6.45) is 2.96. The number of hydrogen-bond donors (Lipinski definition) is 0. The lowest BCUT2D eigenvalue weighted by Gasteiger charge is -2.38. The van der Waals surface area contributed by atoms with E-state index in [0.29, 0.717) is 0 Å². The third kappa shape index (κ3) is 4.91. The van der Waals surface area contributed by atoms with E-state index in [1.807, 2.05) is 13.8 Å². The minimum absolute atomic E-state index is 0.0164. The van der Waals surface area contributed by atoms with Crippen molar-refractivity contribution >= 4 is 21.9 Å². The van der Waals surface area contributed by atoms with Crippen LogP contribution in [0.5, 0.6) is 0 Å². The minimum atomic E-state index is -3.71. The number of hydrogen-bond acceptors (Lipinski definition) is 5. The maximum absolute atomic E-state index is 12.6. The van der Waals surface area contributed by atoms with Crippen molar-refractivity contribution in [1.29, 1.82) is 0 Å². The molecule has 2 atom stereocenters. The summed E-state index contributed by atoms with van der Waals surface area (Å²) in [6.45, 7) is 7.17. The van der Waals surface area contributed by atoms with Gasteiger partial charge in [-0.1, -0.05) is 6.07 Å². The van der Waals surface area contributed by atoms with Crippen LogP contribution in [0.25, 0.3) is 0 Å². The Morgan fingerprint density at radius 1 is 1.21 bits per heavy atom. The highest BCUT2D eigenvalue weighted by Gasteiger charge is 2.30.